The summed E-state index contributed by atoms with van der Waals surface area (Å²) in [7, 11) is 0. The summed E-state index contributed by atoms with van der Waals surface area (Å²) in [6.07, 6.45) is 1.16. The highest BCUT2D eigenvalue weighted by Crippen LogP contribution is 2.12. The van der Waals surface area contributed by atoms with Crippen LogP contribution in [-0.4, -0.2) is 48.5 Å². The van der Waals surface area contributed by atoms with Gasteiger partial charge in [0, 0.05) is 25.3 Å². The molecule has 2 unspecified atom stereocenters. The summed E-state index contributed by atoms with van der Waals surface area (Å²) in [5.74, 6) is 0. The molecule has 0 bridgehead atoms. The number of anilines is 1. The van der Waals surface area contributed by atoms with E-state index in [9.17, 15) is 5.11 Å². The van der Waals surface area contributed by atoms with Gasteiger partial charge in [0.2, 0.25) is 0 Å². The van der Waals surface area contributed by atoms with Gasteiger partial charge in [0.15, 0.2) is 0 Å². The highest BCUT2D eigenvalue weighted by molar-refractivity contribution is 5.39. The van der Waals surface area contributed by atoms with Gasteiger partial charge in [-0.3, -0.25) is 4.90 Å². The van der Waals surface area contributed by atoms with Crippen molar-refractivity contribution < 1.29 is 9.84 Å². The summed E-state index contributed by atoms with van der Waals surface area (Å²) in [6.45, 7) is 4.90. The lowest BCUT2D eigenvalue weighted by Crippen LogP contribution is -2.48. The molecule has 1 aromatic rings. The Morgan fingerprint density at radius 1 is 1.33 bits per heavy atom. The summed E-state index contributed by atoms with van der Waals surface area (Å²) in [4.78, 5) is 2.35. The Hall–Kier alpha value is -1.10. The molecule has 0 aromatic heterocycles. The zero-order valence-corrected chi connectivity index (χ0v) is 10.9. The molecule has 2 rings (SSSR count). The van der Waals surface area contributed by atoms with E-state index in [1.54, 1.807) is 0 Å². The summed E-state index contributed by atoms with van der Waals surface area (Å²) < 4.78 is 5.63. The van der Waals surface area contributed by atoms with Crippen molar-refractivity contribution in [3.05, 3.63) is 29.8 Å². The fraction of sp³-hybridized carbons (Fsp3) is 0.571. The van der Waals surface area contributed by atoms with E-state index in [2.05, 4.69) is 24.0 Å². The first kappa shape index (κ1) is 13.3. The monoisotopic (exact) mass is 250 g/mol. The van der Waals surface area contributed by atoms with Crippen molar-refractivity contribution in [2.45, 2.75) is 25.6 Å². The number of aliphatic hydroxyl groups is 1. The lowest BCUT2D eigenvalue weighted by molar-refractivity contribution is -0.0947. The first-order valence-corrected chi connectivity index (χ1v) is 6.50. The molecule has 0 saturated carbocycles. The Bertz CT molecular complexity index is 367. The quantitative estimate of drug-likeness (QED) is 0.779. The molecule has 0 aliphatic carbocycles. The Morgan fingerprint density at radius 2 is 2.06 bits per heavy atom. The summed E-state index contributed by atoms with van der Waals surface area (Å²) in [5.41, 5.74) is 7.77. The first-order chi connectivity index (χ1) is 8.67. The molecule has 4 heteroatoms. The molecular weight excluding hydrogens is 228 g/mol. The Labute approximate surface area is 108 Å². The van der Waals surface area contributed by atoms with Crippen LogP contribution in [0.15, 0.2) is 24.3 Å². The molecule has 1 fully saturated rings. The molecule has 4 nitrogen and oxygen atoms in total. The zero-order valence-electron chi connectivity index (χ0n) is 10.9. The van der Waals surface area contributed by atoms with E-state index >= 15 is 0 Å². The van der Waals surface area contributed by atoms with Crippen molar-refractivity contribution >= 4 is 5.69 Å². The Morgan fingerprint density at radius 3 is 2.72 bits per heavy atom. The number of hydrogen-bond acceptors (Lipinski definition) is 4. The molecule has 1 aliphatic heterocycles. The SMILES string of the molecule is CC1CN(CCc2ccc(N)cc2)CC(CO)O1. The molecule has 18 heavy (non-hydrogen) atoms. The summed E-state index contributed by atoms with van der Waals surface area (Å²) in [5, 5.41) is 9.18. The van der Waals surface area contributed by atoms with Crippen LogP contribution in [0.5, 0.6) is 0 Å². The second-order valence-electron chi connectivity index (χ2n) is 5.00. The van der Waals surface area contributed by atoms with E-state index in [0.29, 0.717) is 0 Å². The van der Waals surface area contributed by atoms with Gasteiger partial charge >= 0.3 is 0 Å². The van der Waals surface area contributed by atoms with Crippen molar-refractivity contribution in [1.29, 1.82) is 0 Å². The van der Waals surface area contributed by atoms with Crippen molar-refractivity contribution in [3.8, 4) is 0 Å². The van der Waals surface area contributed by atoms with Crippen molar-refractivity contribution in [2.75, 3.05) is 32.0 Å². The van der Waals surface area contributed by atoms with Crippen LogP contribution in [0.1, 0.15) is 12.5 Å². The molecule has 1 saturated heterocycles. The second kappa shape index (κ2) is 6.18. The van der Waals surface area contributed by atoms with Crippen molar-refractivity contribution in [2.24, 2.45) is 0 Å². The van der Waals surface area contributed by atoms with E-state index in [0.717, 1.165) is 31.7 Å². The topological polar surface area (TPSA) is 58.7 Å². The highest BCUT2D eigenvalue weighted by atomic mass is 16.5. The van der Waals surface area contributed by atoms with E-state index in [1.807, 2.05) is 12.1 Å². The minimum Gasteiger partial charge on any atom is -0.399 e. The van der Waals surface area contributed by atoms with Crippen LogP contribution in [0.4, 0.5) is 5.69 Å². The third-order valence-electron chi connectivity index (χ3n) is 3.30. The molecule has 3 N–H and O–H groups in total. The van der Waals surface area contributed by atoms with Crippen LogP contribution >= 0.6 is 0 Å². The number of aliphatic hydroxyl groups excluding tert-OH is 1. The number of hydrogen-bond donors (Lipinski definition) is 2. The van der Waals surface area contributed by atoms with E-state index < -0.39 is 0 Å². The van der Waals surface area contributed by atoms with Crippen LogP contribution in [0.3, 0.4) is 0 Å². The normalized spacial score (nSPS) is 25.2. The minimum atomic E-state index is -0.0415. The fourth-order valence-electron chi connectivity index (χ4n) is 2.40. The van der Waals surface area contributed by atoms with Crippen LogP contribution in [0.25, 0.3) is 0 Å². The molecule has 2 atom stereocenters. The molecule has 100 valence electrons. The second-order valence-corrected chi connectivity index (χ2v) is 5.00. The number of rotatable bonds is 4. The first-order valence-electron chi connectivity index (χ1n) is 6.50. The lowest BCUT2D eigenvalue weighted by Gasteiger charge is -2.36. The predicted molar refractivity (Wildman–Crippen MR) is 72.4 cm³/mol. The Kier molecular flexibility index (Phi) is 4.58. The van der Waals surface area contributed by atoms with E-state index in [1.165, 1.54) is 5.56 Å². The fourth-order valence-corrected chi connectivity index (χ4v) is 2.40. The largest absolute Gasteiger partial charge is 0.399 e. The van der Waals surface area contributed by atoms with E-state index in [4.69, 9.17) is 10.5 Å². The molecule has 0 amide bonds. The Balaban J connectivity index is 1.84. The number of ether oxygens (including phenoxy) is 1. The maximum absolute atomic E-state index is 9.18. The van der Waals surface area contributed by atoms with Gasteiger partial charge in [-0.15, -0.1) is 0 Å². The van der Waals surface area contributed by atoms with E-state index in [-0.39, 0.29) is 18.8 Å². The average molecular weight is 250 g/mol. The lowest BCUT2D eigenvalue weighted by atomic mass is 10.1. The number of nitrogens with zero attached hydrogens (tertiary/aromatic N) is 1. The number of morpholine rings is 1. The molecule has 1 aromatic carbocycles. The molecule has 1 heterocycles. The average Bonchev–Trinajstić information content (AvgIpc) is 2.37. The minimum absolute atomic E-state index is 0.0415. The van der Waals surface area contributed by atoms with Crippen molar-refractivity contribution in [3.63, 3.8) is 0 Å². The van der Waals surface area contributed by atoms with Gasteiger partial charge in [-0.05, 0) is 31.0 Å². The van der Waals surface area contributed by atoms with Gasteiger partial charge in [0.05, 0.1) is 18.8 Å². The zero-order chi connectivity index (χ0) is 13.0. The number of nitrogen functional groups attached to an aromatic ring is 1. The maximum atomic E-state index is 9.18. The highest BCUT2D eigenvalue weighted by Gasteiger charge is 2.24. The predicted octanol–water partition coefficient (Wildman–Crippen LogP) is 0.893. The van der Waals surface area contributed by atoms with Gasteiger partial charge < -0.3 is 15.6 Å². The van der Waals surface area contributed by atoms with Crippen LogP contribution in [0, 0.1) is 0 Å². The third-order valence-corrected chi connectivity index (χ3v) is 3.30. The number of benzene rings is 1. The summed E-state index contributed by atoms with van der Waals surface area (Å²) >= 11 is 0. The standard InChI is InChI=1S/C14H22N2O2/c1-11-8-16(9-14(10-17)18-11)7-6-12-2-4-13(15)5-3-12/h2-5,11,14,17H,6-10,15H2,1H3. The van der Waals surface area contributed by atoms with Gasteiger partial charge in [-0.25, -0.2) is 0 Å². The van der Waals surface area contributed by atoms with Crippen LogP contribution < -0.4 is 5.73 Å². The number of nitrogens with two attached hydrogens (primary N) is 1. The van der Waals surface area contributed by atoms with Crippen LogP contribution in [0.2, 0.25) is 0 Å². The van der Waals surface area contributed by atoms with Crippen molar-refractivity contribution in [1.82, 2.24) is 4.90 Å². The van der Waals surface area contributed by atoms with Gasteiger partial charge in [-0.1, -0.05) is 12.1 Å². The van der Waals surface area contributed by atoms with Gasteiger partial charge in [0.1, 0.15) is 0 Å². The van der Waals surface area contributed by atoms with Gasteiger partial charge in [0.25, 0.3) is 0 Å². The third kappa shape index (κ3) is 3.70. The smallest absolute Gasteiger partial charge is 0.0936 e. The summed E-state index contributed by atoms with van der Waals surface area (Å²) in [6, 6.07) is 8.02. The maximum Gasteiger partial charge on any atom is 0.0936 e. The molecule has 1 aliphatic rings. The molecule has 0 radical (unpaired) electrons. The van der Waals surface area contributed by atoms with Gasteiger partial charge in [-0.2, -0.15) is 0 Å². The van der Waals surface area contributed by atoms with Crippen LogP contribution in [-0.2, 0) is 11.2 Å². The molecule has 0 spiro atoms. The molecular formula is C14H22N2O2.